The van der Waals surface area contributed by atoms with E-state index < -0.39 is 40.2 Å². The first-order valence-electron chi connectivity index (χ1n) is 9.81. The average molecular weight is 484 g/mol. The highest BCUT2D eigenvalue weighted by molar-refractivity contribution is 5.71. The second-order valence-corrected chi connectivity index (χ2v) is 6.76. The summed E-state index contributed by atoms with van der Waals surface area (Å²) in [5, 5.41) is 15.2. The maximum Gasteiger partial charge on any atom is 0.435 e. The number of aryl methyl sites for hydroxylation is 1. The molecular weight excluding hydrogens is 465 g/mol. The fourth-order valence-electron chi connectivity index (χ4n) is 2.91. The number of alkyl halides is 3. The van der Waals surface area contributed by atoms with Crippen LogP contribution in [-0.2, 0) is 29.3 Å². The van der Waals surface area contributed by atoms with Gasteiger partial charge in [-0.3, -0.25) is 14.9 Å². The molecule has 0 fully saturated rings. The van der Waals surface area contributed by atoms with Crippen molar-refractivity contribution in [3.8, 4) is 11.8 Å². The number of furan rings is 1. The third-order valence-corrected chi connectivity index (χ3v) is 4.40. The van der Waals surface area contributed by atoms with Gasteiger partial charge >= 0.3 is 23.7 Å². The van der Waals surface area contributed by atoms with Crippen molar-refractivity contribution in [2.75, 3.05) is 18.1 Å². The molecule has 182 valence electrons. The van der Waals surface area contributed by atoms with Crippen molar-refractivity contribution < 1.29 is 36.8 Å². The lowest BCUT2D eigenvalue weighted by molar-refractivity contribution is -0.385. The normalized spacial score (nSPS) is 11.3. The molecule has 0 amide bonds. The number of hydrogen-bond acceptors (Lipinski definition) is 10. The summed E-state index contributed by atoms with van der Waals surface area (Å²) in [4.78, 5) is 32.1. The highest BCUT2D eigenvalue weighted by atomic mass is 19.4. The lowest BCUT2D eigenvalue weighted by atomic mass is 10.3. The molecular formula is C19H19F3N6O6. The summed E-state index contributed by atoms with van der Waals surface area (Å²) >= 11 is 0. The number of nitro groups is 1. The lowest BCUT2D eigenvalue weighted by Crippen LogP contribution is -2.28. The van der Waals surface area contributed by atoms with E-state index in [1.807, 2.05) is 0 Å². The molecule has 0 bridgehead atoms. The summed E-state index contributed by atoms with van der Waals surface area (Å²) < 4.78 is 55.2. The molecule has 0 spiro atoms. The Morgan fingerprint density at radius 2 is 2.12 bits per heavy atom. The maximum absolute atomic E-state index is 13.0. The molecule has 0 N–H and O–H groups in total. The molecule has 3 aromatic heterocycles. The van der Waals surface area contributed by atoms with Gasteiger partial charge in [0.05, 0.1) is 30.8 Å². The highest BCUT2D eigenvalue weighted by Gasteiger charge is 2.36. The van der Waals surface area contributed by atoms with Gasteiger partial charge in [-0.1, -0.05) is 0 Å². The molecule has 0 saturated carbocycles. The number of nitrogens with zero attached hydrogens (tertiary/aromatic N) is 6. The molecule has 15 heteroatoms. The van der Waals surface area contributed by atoms with Gasteiger partial charge in [0.25, 0.3) is 0 Å². The van der Waals surface area contributed by atoms with Crippen LogP contribution in [0.3, 0.4) is 0 Å². The van der Waals surface area contributed by atoms with Gasteiger partial charge in [0.15, 0.2) is 5.69 Å². The lowest BCUT2D eigenvalue weighted by Gasteiger charge is -2.22. The minimum atomic E-state index is -4.74. The van der Waals surface area contributed by atoms with E-state index in [1.165, 1.54) is 18.2 Å². The molecule has 0 saturated heterocycles. The number of esters is 1. The van der Waals surface area contributed by atoms with Crippen LogP contribution in [0.25, 0.3) is 0 Å². The van der Waals surface area contributed by atoms with E-state index in [2.05, 4.69) is 15.1 Å². The van der Waals surface area contributed by atoms with Crippen LogP contribution in [0.1, 0.15) is 24.8 Å². The zero-order chi connectivity index (χ0) is 24.9. The fourth-order valence-corrected chi connectivity index (χ4v) is 2.91. The minimum Gasteiger partial charge on any atom is -0.467 e. The Balaban J connectivity index is 1.98. The van der Waals surface area contributed by atoms with Gasteiger partial charge in [-0.15, -0.1) is 0 Å². The van der Waals surface area contributed by atoms with Gasteiger partial charge in [0.1, 0.15) is 12.1 Å². The van der Waals surface area contributed by atoms with E-state index in [4.69, 9.17) is 13.9 Å². The van der Waals surface area contributed by atoms with Crippen molar-refractivity contribution in [2.24, 2.45) is 7.05 Å². The molecule has 0 aromatic carbocycles. The third kappa shape index (κ3) is 5.79. The largest absolute Gasteiger partial charge is 0.467 e. The van der Waals surface area contributed by atoms with E-state index in [-0.39, 0.29) is 31.9 Å². The summed E-state index contributed by atoms with van der Waals surface area (Å²) in [5.74, 6) is -1.37. The summed E-state index contributed by atoms with van der Waals surface area (Å²) in [7, 11) is 1.18. The Bertz CT molecular complexity index is 1150. The fraction of sp³-hybridized carbons (Fsp3) is 0.368. The summed E-state index contributed by atoms with van der Waals surface area (Å²) in [6.45, 7) is 1.75. The minimum absolute atomic E-state index is 0.00632. The molecule has 3 aromatic rings. The van der Waals surface area contributed by atoms with Crippen LogP contribution in [0.15, 0.2) is 35.2 Å². The first-order chi connectivity index (χ1) is 16.1. The van der Waals surface area contributed by atoms with Gasteiger partial charge in [-0.25, -0.2) is 9.67 Å². The molecule has 0 aliphatic carbocycles. The average Bonchev–Trinajstić information content (AvgIpc) is 3.40. The van der Waals surface area contributed by atoms with Gasteiger partial charge in [-0.2, -0.15) is 23.3 Å². The van der Waals surface area contributed by atoms with Crippen LogP contribution in [0.2, 0.25) is 0 Å². The Morgan fingerprint density at radius 1 is 1.35 bits per heavy atom. The smallest absolute Gasteiger partial charge is 0.435 e. The second-order valence-electron chi connectivity index (χ2n) is 6.76. The first kappa shape index (κ1) is 24.5. The third-order valence-electron chi connectivity index (χ3n) is 4.40. The topological polar surface area (TPSA) is 139 Å². The van der Waals surface area contributed by atoms with Crippen LogP contribution >= 0.6 is 0 Å². The predicted molar refractivity (Wildman–Crippen MR) is 108 cm³/mol. The van der Waals surface area contributed by atoms with Gasteiger partial charge in [0, 0.05) is 19.7 Å². The molecule has 0 unspecified atom stereocenters. The quantitative estimate of drug-likeness (QED) is 0.239. The number of rotatable bonds is 10. The Kier molecular flexibility index (Phi) is 7.33. The van der Waals surface area contributed by atoms with E-state index in [0.29, 0.717) is 11.8 Å². The number of ether oxygens (including phenoxy) is 2. The molecule has 0 atom stereocenters. The Morgan fingerprint density at radius 3 is 2.71 bits per heavy atom. The SMILES string of the molecule is CCOC(=O)CCN(Cc1ccco1)c1ncnc(Oc2cc(C(F)(F)F)nn2C)c1[N+](=O)[O-]. The standard InChI is InChI=1S/C19H19F3N6O6/c1-3-32-15(29)6-7-27(10-12-5-4-8-33-12)17-16(28(30)31)18(24-11-23-17)34-14-9-13(19(20,21)22)25-26(14)2/h4-5,8-9,11H,3,6-7,10H2,1-2H3. The van der Waals surface area contributed by atoms with Crippen molar-refractivity contribution >= 4 is 17.5 Å². The van der Waals surface area contributed by atoms with Crippen LogP contribution in [0, 0.1) is 10.1 Å². The second kappa shape index (κ2) is 10.2. The van der Waals surface area contributed by atoms with Crippen molar-refractivity contribution in [3.05, 3.63) is 52.4 Å². The number of hydrogen-bond donors (Lipinski definition) is 0. The monoisotopic (exact) mass is 484 g/mol. The van der Waals surface area contributed by atoms with Crippen LogP contribution < -0.4 is 9.64 Å². The van der Waals surface area contributed by atoms with E-state index in [9.17, 15) is 28.1 Å². The van der Waals surface area contributed by atoms with Crippen LogP contribution in [0.4, 0.5) is 24.7 Å². The molecule has 0 aliphatic rings. The van der Waals surface area contributed by atoms with Gasteiger partial charge in [-0.05, 0) is 19.1 Å². The van der Waals surface area contributed by atoms with Crippen molar-refractivity contribution in [1.29, 1.82) is 0 Å². The van der Waals surface area contributed by atoms with E-state index in [1.54, 1.807) is 19.1 Å². The number of aromatic nitrogens is 4. The summed E-state index contributed by atoms with van der Waals surface area (Å²) in [6.07, 6.45) is -2.50. The van der Waals surface area contributed by atoms with Crippen LogP contribution in [0.5, 0.6) is 11.8 Å². The number of halogens is 3. The van der Waals surface area contributed by atoms with Crippen molar-refractivity contribution in [1.82, 2.24) is 19.7 Å². The molecule has 0 aliphatic heterocycles. The maximum atomic E-state index is 13.0. The molecule has 3 rings (SSSR count). The molecule has 0 radical (unpaired) electrons. The first-order valence-corrected chi connectivity index (χ1v) is 9.81. The molecule has 12 nitrogen and oxygen atoms in total. The molecule has 3 heterocycles. The zero-order valence-corrected chi connectivity index (χ0v) is 18.0. The number of anilines is 1. The van der Waals surface area contributed by atoms with Crippen molar-refractivity contribution in [2.45, 2.75) is 26.1 Å². The number of carbonyl (C=O) groups excluding carboxylic acids is 1. The highest BCUT2D eigenvalue weighted by Crippen LogP contribution is 2.38. The Labute approximate surface area is 190 Å². The summed E-state index contributed by atoms with van der Waals surface area (Å²) in [6, 6.07) is 3.82. The van der Waals surface area contributed by atoms with Crippen LogP contribution in [-0.4, -0.2) is 43.8 Å². The zero-order valence-electron chi connectivity index (χ0n) is 18.0. The number of carbonyl (C=O) groups is 1. The van der Waals surface area contributed by atoms with E-state index >= 15 is 0 Å². The van der Waals surface area contributed by atoms with Gasteiger partial charge in [0.2, 0.25) is 11.7 Å². The van der Waals surface area contributed by atoms with Gasteiger partial charge < -0.3 is 18.8 Å². The van der Waals surface area contributed by atoms with Crippen molar-refractivity contribution in [3.63, 3.8) is 0 Å². The Hall–Kier alpha value is -4.17. The predicted octanol–water partition coefficient (Wildman–Crippen LogP) is 3.48. The van der Waals surface area contributed by atoms with E-state index in [0.717, 1.165) is 11.0 Å². The summed E-state index contributed by atoms with van der Waals surface area (Å²) in [5.41, 5.74) is -1.96. The molecule has 34 heavy (non-hydrogen) atoms.